The van der Waals surface area contributed by atoms with Crippen molar-refractivity contribution in [1.82, 2.24) is 15.1 Å². The van der Waals surface area contributed by atoms with Crippen LogP contribution in [0.1, 0.15) is 34.5 Å². The number of nitrogens with zero attached hydrogens (tertiary/aromatic N) is 4. The minimum atomic E-state index is -0.913. The van der Waals surface area contributed by atoms with E-state index in [-0.39, 0.29) is 0 Å². The SMILES string of the molecule is Cc1nnc(N2CCN3CCCC3C2)c(C(=O)O)c1C. The number of rotatable bonds is 2. The monoisotopic (exact) mass is 276 g/mol. The highest BCUT2D eigenvalue weighted by Gasteiger charge is 2.33. The van der Waals surface area contributed by atoms with Crippen LogP contribution in [0.5, 0.6) is 0 Å². The van der Waals surface area contributed by atoms with Gasteiger partial charge in [-0.3, -0.25) is 4.90 Å². The second-order valence-electron chi connectivity index (χ2n) is 5.69. The Morgan fingerprint density at radius 2 is 2.05 bits per heavy atom. The van der Waals surface area contributed by atoms with Crippen molar-refractivity contribution in [3.8, 4) is 0 Å². The number of carboxylic acid groups (broad SMARTS) is 1. The van der Waals surface area contributed by atoms with E-state index >= 15 is 0 Å². The normalized spacial score (nSPS) is 22.9. The molecular formula is C14H20N4O2. The van der Waals surface area contributed by atoms with Crippen molar-refractivity contribution in [1.29, 1.82) is 0 Å². The van der Waals surface area contributed by atoms with Gasteiger partial charge in [0.25, 0.3) is 0 Å². The molecule has 1 aromatic heterocycles. The number of hydrogen-bond acceptors (Lipinski definition) is 5. The van der Waals surface area contributed by atoms with Gasteiger partial charge in [-0.15, -0.1) is 5.10 Å². The molecule has 0 amide bonds. The van der Waals surface area contributed by atoms with Gasteiger partial charge in [0.1, 0.15) is 5.56 Å². The summed E-state index contributed by atoms with van der Waals surface area (Å²) in [5.74, 6) is -0.378. The van der Waals surface area contributed by atoms with Gasteiger partial charge < -0.3 is 10.0 Å². The van der Waals surface area contributed by atoms with Crippen molar-refractivity contribution in [3.63, 3.8) is 0 Å². The fourth-order valence-electron chi connectivity index (χ4n) is 3.26. The average molecular weight is 276 g/mol. The molecule has 2 fully saturated rings. The van der Waals surface area contributed by atoms with E-state index in [0.29, 0.717) is 23.1 Å². The molecule has 1 aromatic rings. The highest BCUT2D eigenvalue weighted by atomic mass is 16.4. The number of fused-ring (bicyclic) bond motifs is 1. The molecule has 6 heteroatoms. The molecule has 0 radical (unpaired) electrons. The summed E-state index contributed by atoms with van der Waals surface area (Å²) in [5, 5.41) is 17.8. The smallest absolute Gasteiger partial charge is 0.339 e. The van der Waals surface area contributed by atoms with Gasteiger partial charge in [-0.25, -0.2) is 4.79 Å². The predicted molar refractivity (Wildman–Crippen MR) is 75.3 cm³/mol. The Morgan fingerprint density at radius 3 is 2.80 bits per heavy atom. The zero-order valence-corrected chi connectivity index (χ0v) is 12.0. The first-order chi connectivity index (χ1) is 9.58. The molecule has 3 heterocycles. The Balaban J connectivity index is 1.94. The molecule has 0 spiro atoms. The van der Waals surface area contributed by atoms with E-state index in [4.69, 9.17) is 0 Å². The van der Waals surface area contributed by atoms with Gasteiger partial charge in [-0.1, -0.05) is 0 Å². The standard InChI is InChI=1S/C14H20N4O2/c1-9-10(2)15-16-13(12(9)14(19)20)18-7-6-17-5-3-4-11(17)8-18/h11H,3-8H2,1-2H3,(H,19,20). The van der Waals surface area contributed by atoms with Crippen molar-refractivity contribution < 1.29 is 9.90 Å². The number of carboxylic acids is 1. The molecule has 0 bridgehead atoms. The van der Waals surface area contributed by atoms with Crippen LogP contribution in [0.4, 0.5) is 5.82 Å². The average Bonchev–Trinajstić information content (AvgIpc) is 2.88. The largest absolute Gasteiger partial charge is 0.478 e. The Kier molecular flexibility index (Phi) is 3.33. The molecule has 0 aromatic carbocycles. The number of anilines is 1. The lowest BCUT2D eigenvalue weighted by Gasteiger charge is -2.38. The number of aryl methyl sites for hydroxylation is 1. The van der Waals surface area contributed by atoms with Crippen LogP contribution in [-0.4, -0.2) is 58.4 Å². The fourth-order valence-corrected chi connectivity index (χ4v) is 3.26. The van der Waals surface area contributed by atoms with E-state index in [2.05, 4.69) is 20.0 Å². The quantitative estimate of drug-likeness (QED) is 0.871. The summed E-state index contributed by atoms with van der Waals surface area (Å²) in [6, 6.07) is 0.536. The van der Waals surface area contributed by atoms with Crippen molar-refractivity contribution in [2.24, 2.45) is 0 Å². The van der Waals surface area contributed by atoms with Crippen molar-refractivity contribution >= 4 is 11.8 Å². The third-order valence-electron chi connectivity index (χ3n) is 4.54. The molecule has 20 heavy (non-hydrogen) atoms. The lowest BCUT2D eigenvalue weighted by molar-refractivity contribution is 0.0695. The van der Waals surface area contributed by atoms with Gasteiger partial charge >= 0.3 is 5.97 Å². The molecule has 108 valence electrons. The fraction of sp³-hybridized carbons (Fsp3) is 0.643. The maximum absolute atomic E-state index is 11.6. The van der Waals surface area contributed by atoms with E-state index in [9.17, 15) is 9.90 Å². The summed E-state index contributed by atoms with van der Waals surface area (Å²) in [7, 11) is 0. The predicted octanol–water partition coefficient (Wildman–Crippen LogP) is 1.08. The van der Waals surface area contributed by atoms with Crippen LogP contribution in [0.3, 0.4) is 0 Å². The maximum atomic E-state index is 11.6. The van der Waals surface area contributed by atoms with Crippen LogP contribution in [0.2, 0.25) is 0 Å². The minimum absolute atomic E-state index is 0.309. The molecule has 1 N–H and O–H groups in total. The number of piperazine rings is 1. The highest BCUT2D eigenvalue weighted by molar-refractivity contribution is 5.95. The van der Waals surface area contributed by atoms with Gasteiger partial charge in [-0.05, 0) is 38.8 Å². The Labute approximate surface area is 118 Å². The molecular weight excluding hydrogens is 256 g/mol. The van der Waals surface area contributed by atoms with E-state index in [0.717, 1.165) is 25.2 Å². The van der Waals surface area contributed by atoms with Crippen LogP contribution < -0.4 is 4.90 Å². The molecule has 2 saturated heterocycles. The second kappa shape index (κ2) is 5.01. The van der Waals surface area contributed by atoms with E-state index in [1.165, 1.54) is 19.4 Å². The first-order valence-electron chi connectivity index (χ1n) is 7.14. The van der Waals surface area contributed by atoms with E-state index in [1.807, 2.05) is 6.92 Å². The summed E-state index contributed by atoms with van der Waals surface area (Å²) in [6.45, 7) is 7.45. The Bertz CT molecular complexity index is 546. The van der Waals surface area contributed by atoms with E-state index in [1.54, 1.807) is 6.92 Å². The van der Waals surface area contributed by atoms with Crippen molar-refractivity contribution in [2.75, 3.05) is 31.1 Å². The lowest BCUT2D eigenvalue weighted by atomic mass is 10.1. The number of aromatic nitrogens is 2. The topological polar surface area (TPSA) is 69.6 Å². The molecule has 2 aliphatic heterocycles. The molecule has 2 aliphatic rings. The maximum Gasteiger partial charge on any atom is 0.339 e. The zero-order chi connectivity index (χ0) is 14.3. The third kappa shape index (κ3) is 2.14. The zero-order valence-electron chi connectivity index (χ0n) is 12.0. The number of aromatic carboxylic acids is 1. The van der Waals surface area contributed by atoms with Gasteiger partial charge in [0, 0.05) is 25.7 Å². The molecule has 1 atom stereocenters. The van der Waals surface area contributed by atoms with Crippen LogP contribution in [0, 0.1) is 13.8 Å². The number of hydrogen-bond donors (Lipinski definition) is 1. The molecule has 0 aliphatic carbocycles. The van der Waals surface area contributed by atoms with Gasteiger partial charge in [-0.2, -0.15) is 5.10 Å². The number of carbonyl (C=O) groups is 1. The lowest BCUT2D eigenvalue weighted by Crippen LogP contribution is -2.50. The Hall–Kier alpha value is -1.69. The van der Waals surface area contributed by atoms with Crippen molar-refractivity contribution in [2.45, 2.75) is 32.7 Å². The van der Waals surface area contributed by atoms with Gasteiger partial charge in [0.05, 0.1) is 5.69 Å². The first-order valence-corrected chi connectivity index (χ1v) is 7.14. The van der Waals surface area contributed by atoms with Crippen LogP contribution in [-0.2, 0) is 0 Å². The molecule has 1 unspecified atom stereocenters. The van der Waals surface area contributed by atoms with Crippen LogP contribution in [0.25, 0.3) is 0 Å². The van der Waals surface area contributed by atoms with Gasteiger partial charge in [0.2, 0.25) is 0 Å². The molecule has 3 rings (SSSR count). The minimum Gasteiger partial charge on any atom is -0.478 e. The summed E-state index contributed by atoms with van der Waals surface area (Å²) in [4.78, 5) is 16.1. The third-order valence-corrected chi connectivity index (χ3v) is 4.54. The van der Waals surface area contributed by atoms with Gasteiger partial charge in [0.15, 0.2) is 5.82 Å². The van der Waals surface area contributed by atoms with Crippen molar-refractivity contribution in [3.05, 3.63) is 16.8 Å². The summed E-state index contributed by atoms with van der Waals surface area (Å²) < 4.78 is 0. The summed E-state index contributed by atoms with van der Waals surface area (Å²) >= 11 is 0. The molecule has 6 nitrogen and oxygen atoms in total. The van der Waals surface area contributed by atoms with Crippen LogP contribution >= 0.6 is 0 Å². The highest BCUT2D eigenvalue weighted by Crippen LogP contribution is 2.28. The van der Waals surface area contributed by atoms with Crippen LogP contribution in [0.15, 0.2) is 0 Å². The Morgan fingerprint density at radius 1 is 1.25 bits per heavy atom. The first kappa shape index (κ1) is 13.3. The second-order valence-corrected chi connectivity index (χ2v) is 5.69. The summed E-state index contributed by atoms with van der Waals surface area (Å²) in [6.07, 6.45) is 2.43. The van der Waals surface area contributed by atoms with E-state index < -0.39 is 5.97 Å². The molecule has 0 saturated carbocycles. The summed E-state index contributed by atoms with van der Waals surface area (Å²) in [5.41, 5.74) is 1.71.